The Balaban J connectivity index is 1.35. The van der Waals surface area contributed by atoms with Gasteiger partial charge in [-0.15, -0.1) is 0 Å². The van der Waals surface area contributed by atoms with Gasteiger partial charge in [0.15, 0.2) is 0 Å². The summed E-state index contributed by atoms with van der Waals surface area (Å²) >= 11 is 0. The van der Waals surface area contributed by atoms with Crippen molar-refractivity contribution in [2.45, 2.75) is 25.8 Å². The number of nitrogens with one attached hydrogen (secondary N) is 2. The van der Waals surface area contributed by atoms with Gasteiger partial charge in [0.05, 0.1) is 0 Å². The summed E-state index contributed by atoms with van der Waals surface area (Å²) in [6.45, 7) is 2.27. The summed E-state index contributed by atoms with van der Waals surface area (Å²) in [5.41, 5.74) is 2.77. The van der Waals surface area contributed by atoms with Crippen LogP contribution >= 0.6 is 0 Å². The Bertz CT molecular complexity index is 1200. The molecular formula is C26H25FN4O2. The van der Waals surface area contributed by atoms with Gasteiger partial charge in [-0.05, 0) is 49.2 Å². The summed E-state index contributed by atoms with van der Waals surface area (Å²) in [5.74, 6) is 0.400. The standard InChI is InChI=1S/C26H25FN4O2/c1-18-14-15-20(17-22(18)27)25-30-23(33-31-25)13-8-16-28-24(19-9-4-2-5-10-19)26(32)29-21-11-6-3-7-12-21/h2-7,9-12,14-15,17,24,28H,8,13,16H2,1H3,(H,29,32). The topological polar surface area (TPSA) is 80.0 Å². The van der Waals surface area contributed by atoms with Crippen LogP contribution in [0, 0.1) is 12.7 Å². The number of nitrogens with zero attached hydrogens (tertiary/aromatic N) is 2. The second kappa shape index (κ2) is 10.7. The molecule has 1 aromatic heterocycles. The maximum Gasteiger partial charge on any atom is 0.246 e. The molecule has 4 aromatic rings. The van der Waals surface area contributed by atoms with Gasteiger partial charge in [0.1, 0.15) is 11.9 Å². The predicted octanol–water partition coefficient (Wildman–Crippen LogP) is 5.09. The molecule has 0 saturated heterocycles. The number of hydrogen-bond acceptors (Lipinski definition) is 5. The first-order chi connectivity index (χ1) is 16.1. The van der Waals surface area contributed by atoms with Gasteiger partial charge in [-0.25, -0.2) is 4.39 Å². The van der Waals surface area contributed by atoms with Crippen molar-refractivity contribution in [3.63, 3.8) is 0 Å². The Hall–Kier alpha value is -3.84. The summed E-state index contributed by atoms with van der Waals surface area (Å²) in [4.78, 5) is 17.3. The molecule has 0 bridgehead atoms. The van der Waals surface area contributed by atoms with Crippen LogP contribution in [0.4, 0.5) is 10.1 Å². The highest BCUT2D eigenvalue weighted by Crippen LogP contribution is 2.20. The second-order valence-corrected chi connectivity index (χ2v) is 7.73. The summed E-state index contributed by atoms with van der Waals surface area (Å²) < 4.78 is 19.1. The van der Waals surface area contributed by atoms with Crippen LogP contribution in [0.3, 0.4) is 0 Å². The van der Waals surface area contributed by atoms with Crippen LogP contribution in [-0.4, -0.2) is 22.6 Å². The Labute approximate surface area is 191 Å². The Kier molecular flexibility index (Phi) is 7.22. The lowest BCUT2D eigenvalue weighted by atomic mass is 10.1. The zero-order chi connectivity index (χ0) is 23.0. The minimum absolute atomic E-state index is 0.131. The zero-order valence-corrected chi connectivity index (χ0v) is 18.3. The van der Waals surface area contributed by atoms with Gasteiger partial charge in [0, 0.05) is 17.7 Å². The van der Waals surface area contributed by atoms with E-state index in [2.05, 4.69) is 20.8 Å². The number of para-hydroxylation sites is 1. The Morgan fingerprint density at radius 2 is 1.76 bits per heavy atom. The van der Waals surface area contributed by atoms with Crippen molar-refractivity contribution < 1.29 is 13.7 Å². The summed E-state index contributed by atoms with van der Waals surface area (Å²) in [6.07, 6.45) is 1.22. The number of aryl methyl sites for hydroxylation is 2. The molecule has 1 heterocycles. The van der Waals surface area contributed by atoms with E-state index in [1.807, 2.05) is 60.7 Å². The van der Waals surface area contributed by atoms with E-state index in [-0.39, 0.29) is 11.7 Å². The van der Waals surface area contributed by atoms with Crippen molar-refractivity contribution in [1.82, 2.24) is 15.5 Å². The van der Waals surface area contributed by atoms with Crippen LogP contribution in [-0.2, 0) is 11.2 Å². The second-order valence-electron chi connectivity index (χ2n) is 7.73. The number of hydrogen-bond donors (Lipinski definition) is 2. The highest BCUT2D eigenvalue weighted by molar-refractivity contribution is 5.95. The van der Waals surface area contributed by atoms with Crippen molar-refractivity contribution in [2.24, 2.45) is 0 Å². The zero-order valence-electron chi connectivity index (χ0n) is 18.3. The molecule has 0 aliphatic rings. The third-order valence-electron chi connectivity index (χ3n) is 5.25. The van der Waals surface area contributed by atoms with E-state index < -0.39 is 6.04 Å². The normalized spacial score (nSPS) is 11.8. The van der Waals surface area contributed by atoms with E-state index in [1.54, 1.807) is 19.1 Å². The van der Waals surface area contributed by atoms with E-state index in [1.165, 1.54) is 6.07 Å². The van der Waals surface area contributed by atoms with E-state index in [0.717, 1.165) is 11.3 Å². The third kappa shape index (κ3) is 5.90. The maximum atomic E-state index is 13.8. The number of amides is 1. The molecule has 0 spiro atoms. The number of halogens is 1. The van der Waals surface area contributed by atoms with Gasteiger partial charge in [-0.2, -0.15) is 4.98 Å². The number of rotatable bonds is 9. The number of anilines is 1. The number of aromatic nitrogens is 2. The van der Waals surface area contributed by atoms with Gasteiger partial charge in [-0.3, -0.25) is 4.79 Å². The lowest BCUT2D eigenvalue weighted by molar-refractivity contribution is -0.118. The minimum Gasteiger partial charge on any atom is -0.339 e. The van der Waals surface area contributed by atoms with E-state index in [0.29, 0.717) is 42.2 Å². The molecule has 0 aliphatic carbocycles. The number of carbonyl (C=O) groups is 1. The molecule has 7 heteroatoms. The van der Waals surface area contributed by atoms with Crippen molar-refractivity contribution in [2.75, 3.05) is 11.9 Å². The SMILES string of the molecule is Cc1ccc(-c2noc(CCCNC(C(=O)Nc3ccccc3)c3ccccc3)n2)cc1F. The van der Waals surface area contributed by atoms with Crippen LogP contribution in [0.5, 0.6) is 0 Å². The molecule has 168 valence electrons. The van der Waals surface area contributed by atoms with E-state index in [9.17, 15) is 9.18 Å². The van der Waals surface area contributed by atoms with Gasteiger partial charge < -0.3 is 15.2 Å². The first-order valence-electron chi connectivity index (χ1n) is 10.8. The molecule has 0 aliphatic heterocycles. The molecule has 33 heavy (non-hydrogen) atoms. The van der Waals surface area contributed by atoms with Crippen molar-refractivity contribution in [1.29, 1.82) is 0 Å². The molecule has 1 amide bonds. The third-order valence-corrected chi connectivity index (χ3v) is 5.25. The maximum absolute atomic E-state index is 13.8. The molecule has 1 unspecified atom stereocenters. The fraction of sp³-hybridized carbons (Fsp3) is 0.192. The summed E-state index contributed by atoms with van der Waals surface area (Å²) in [6, 6.07) is 23.3. The lowest BCUT2D eigenvalue weighted by Gasteiger charge is -2.19. The highest BCUT2D eigenvalue weighted by atomic mass is 19.1. The molecule has 0 radical (unpaired) electrons. The minimum atomic E-state index is -0.500. The van der Waals surface area contributed by atoms with Crippen LogP contribution in [0.1, 0.15) is 29.5 Å². The van der Waals surface area contributed by atoms with Crippen molar-refractivity contribution in [3.8, 4) is 11.4 Å². The molecule has 3 aromatic carbocycles. The Morgan fingerprint density at radius 3 is 2.48 bits per heavy atom. The van der Waals surface area contributed by atoms with Crippen molar-refractivity contribution >= 4 is 11.6 Å². The van der Waals surface area contributed by atoms with Gasteiger partial charge >= 0.3 is 0 Å². The first kappa shape index (κ1) is 22.4. The lowest BCUT2D eigenvalue weighted by Crippen LogP contribution is -2.33. The van der Waals surface area contributed by atoms with Gasteiger partial charge in [0.25, 0.3) is 0 Å². The average molecular weight is 445 g/mol. The van der Waals surface area contributed by atoms with Crippen LogP contribution in [0.15, 0.2) is 83.4 Å². The van der Waals surface area contributed by atoms with Crippen LogP contribution in [0.25, 0.3) is 11.4 Å². The average Bonchev–Trinajstić information content (AvgIpc) is 3.31. The quantitative estimate of drug-likeness (QED) is 0.352. The largest absolute Gasteiger partial charge is 0.339 e. The van der Waals surface area contributed by atoms with E-state index >= 15 is 0 Å². The molecule has 2 N–H and O–H groups in total. The van der Waals surface area contributed by atoms with Crippen LogP contribution < -0.4 is 10.6 Å². The van der Waals surface area contributed by atoms with Crippen LogP contribution in [0.2, 0.25) is 0 Å². The molecule has 0 saturated carbocycles. The smallest absolute Gasteiger partial charge is 0.246 e. The summed E-state index contributed by atoms with van der Waals surface area (Å²) in [5, 5.41) is 10.2. The fourth-order valence-electron chi connectivity index (χ4n) is 3.43. The van der Waals surface area contributed by atoms with Crippen molar-refractivity contribution in [3.05, 3.63) is 102 Å². The fourth-order valence-corrected chi connectivity index (χ4v) is 3.43. The molecule has 1 atom stereocenters. The van der Waals surface area contributed by atoms with E-state index in [4.69, 9.17) is 4.52 Å². The first-order valence-corrected chi connectivity index (χ1v) is 10.8. The molecule has 6 nitrogen and oxygen atoms in total. The number of benzene rings is 3. The van der Waals surface area contributed by atoms with Gasteiger partial charge in [-0.1, -0.05) is 65.8 Å². The monoisotopic (exact) mass is 444 g/mol. The molecule has 4 rings (SSSR count). The predicted molar refractivity (Wildman–Crippen MR) is 125 cm³/mol. The molecule has 0 fully saturated rings. The Morgan fingerprint density at radius 1 is 1.03 bits per heavy atom. The number of carbonyl (C=O) groups excluding carboxylic acids is 1. The summed E-state index contributed by atoms with van der Waals surface area (Å²) in [7, 11) is 0. The van der Waals surface area contributed by atoms with Gasteiger partial charge in [0.2, 0.25) is 17.6 Å². The molecular weight excluding hydrogens is 419 g/mol. The highest BCUT2D eigenvalue weighted by Gasteiger charge is 2.20.